The first kappa shape index (κ1) is 6.55. The Labute approximate surface area is 54.1 Å². The molecule has 0 aromatic heterocycles. The number of piperidine rings is 1. The zero-order valence-electron chi connectivity index (χ0n) is 5.26. The minimum Gasteiger partial charge on any atom is -0.396 e. The van der Waals surface area contributed by atoms with E-state index in [1.807, 2.05) is 0 Å². The summed E-state index contributed by atoms with van der Waals surface area (Å²) in [4.78, 5) is 10.8. The van der Waals surface area contributed by atoms with E-state index in [0.29, 0.717) is 0 Å². The van der Waals surface area contributed by atoms with Gasteiger partial charge in [0.15, 0.2) is 0 Å². The van der Waals surface area contributed by atoms with Crippen molar-refractivity contribution in [2.24, 2.45) is 5.92 Å². The molecule has 0 radical (unpaired) electrons. The highest BCUT2D eigenvalue weighted by Gasteiger charge is 2.19. The molecule has 3 heteroatoms. The second kappa shape index (κ2) is 2.82. The molecule has 2 N–H and O–H groups in total. The summed E-state index contributed by atoms with van der Waals surface area (Å²) in [6.45, 7) is 0.765. The first-order valence-corrected chi connectivity index (χ1v) is 3.23. The fraction of sp³-hybridized carbons (Fsp3) is 0.833. The topological polar surface area (TPSA) is 49.3 Å². The van der Waals surface area contributed by atoms with Gasteiger partial charge in [-0.15, -0.1) is 0 Å². The average Bonchev–Trinajstić information content (AvgIpc) is 1.89. The van der Waals surface area contributed by atoms with Gasteiger partial charge in [-0.2, -0.15) is 0 Å². The lowest BCUT2D eigenvalue weighted by atomic mass is 10.0. The molecular weight excluding hydrogens is 118 g/mol. The van der Waals surface area contributed by atoms with Crippen LogP contribution in [0.25, 0.3) is 0 Å². The number of aliphatic hydroxyl groups is 1. The maximum atomic E-state index is 10.8. The Balaban J connectivity index is 2.39. The number of rotatable bonds is 1. The van der Waals surface area contributed by atoms with E-state index in [4.69, 9.17) is 5.11 Å². The second-order valence-electron chi connectivity index (χ2n) is 2.31. The van der Waals surface area contributed by atoms with Gasteiger partial charge in [0.25, 0.3) is 0 Å². The molecule has 1 saturated heterocycles. The van der Waals surface area contributed by atoms with Crippen molar-refractivity contribution in [3.63, 3.8) is 0 Å². The smallest absolute Gasteiger partial charge is 0.225 e. The van der Waals surface area contributed by atoms with Gasteiger partial charge in [0.2, 0.25) is 5.91 Å². The van der Waals surface area contributed by atoms with Crippen LogP contribution >= 0.6 is 0 Å². The molecule has 0 aliphatic carbocycles. The largest absolute Gasteiger partial charge is 0.396 e. The standard InChI is InChI=1S/C6H11NO2/c8-4-5-2-1-3-7-6(5)9/h5,8H,1-4H2,(H,7,9)/t5-/m0/s1. The maximum absolute atomic E-state index is 10.8. The monoisotopic (exact) mass is 129 g/mol. The van der Waals surface area contributed by atoms with E-state index in [9.17, 15) is 4.79 Å². The highest BCUT2D eigenvalue weighted by molar-refractivity contribution is 5.79. The molecule has 0 spiro atoms. The fourth-order valence-electron chi connectivity index (χ4n) is 1.01. The van der Waals surface area contributed by atoms with Crippen LogP contribution in [0, 0.1) is 5.92 Å². The summed E-state index contributed by atoms with van der Waals surface area (Å²) < 4.78 is 0. The van der Waals surface area contributed by atoms with Crippen LogP contribution in [0.1, 0.15) is 12.8 Å². The molecular formula is C6H11NO2. The fourth-order valence-corrected chi connectivity index (χ4v) is 1.01. The van der Waals surface area contributed by atoms with E-state index in [0.717, 1.165) is 19.4 Å². The third kappa shape index (κ3) is 1.42. The Kier molecular flexibility index (Phi) is 2.05. The van der Waals surface area contributed by atoms with E-state index in [1.54, 1.807) is 0 Å². The van der Waals surface area contributed by atoms with Crippen molar-refractivity contribution in [1.82, 2.24) is 5.32 Å². The van der Waals surface area contributed by atoms with E-state index in [1.165, 1.54) is 0 Å². The molecule has 0 saturated carbocycles. The number of hydrogen-bond donors (Lipinski definition) is 2. The Morgan fingerprint density at radius 2 is 2.56 bits per heavy atom. The lowest BCUT2D eigenvalue weighted by Crippen LogP contribution is -2.37. The van der Waals surface area contributed by atoms with Gasteiger partial charge >= 0.3 is 0 Å². The maximum Gasteiger partial charge on any atom is 0.225 e. The number of aliphatic hydroxyl groups excluding tert-OH is 1. The van der Waals surface area contributed by atoms with E-state index >= 15 is 0 Å². The highest BCUT2D eigenvalue weighted by atomic mass is 16.3. The van der Waals surface area contributed by atoms with Crippen LogP contribution in [-0.2, 0) is 4.79 Å². The molecule has 1 heterocycles. The van der Waals surface area contributed by atoms with Gasteiger partial charge in [-0.05, 0) is 12.8 Å². The third-order valence-electron chi connectivity index (χ3n) is 1.62. The van der Waals surface area contributed by atoms with Crippen molar-refractivity contribution in [3.8, 4) is 0 Å². The number of amides is 1. The number of hydrogen-bond acceptors (Lipinski definition) is 2. The number of carbonyl (C=O) groups excluding carboxylic acids is 1. The molecule has 0 bridgehead atoms. The van der Waals surface area contributed by atoms with E-state index < -0.39 is 0 Å². The summed E-state index contributed by atoms with van der Waals surface area (Å²) in [5, 5.41) is 11.3. The van der Waals surface area contributed by atoms with Crippen LogP contribution in [0.3, 0.4) is 0 Å². The van der Waals surface area contributed by atoms with Gasteiger partial charge in [-0.3, -0.25) is 4.79 Å². The molecule has 0 aromatic rings. The van der Waals surface area contributed by atoms with Crippen LogP contribution in [0.4, 0.5) is 0 Å². The average molecular weight is 129 g/mol. The Morgan fingerprint density at radius 3 is 3.00 bits per heavy atom. The predicted octanol–water partition coefficient (Wildman–Crippen LogP) is -0.495. The third-order valence-corrected chi connectivity index (χ3v) is 1.62. The van der Waals surface area contributed by atoms with Gasteiger partial charge < -0.3 is 10.4 Å². The second-order valence-corrected chi connectivity index (χ2v) is 2.31. The molecule has 1 amide bonds. The van der Waals surface area contributed by atoms with Crippen molar-refractivity contribution in [1.29, 1.82) is 0 Å². The summed E-state index contributed by atoms with van der Waals surface area (Å²) in [7, 11) is 0. The van der Waals surface area contributed by atoms with Crippen LogP contribution < -0.4 is 5.32 Å². The molecule has 0 aromatic carbocycles. The van der Waals surface area contributed by atoms with Gasteiger partial charge in [0.1, 0.15) is 0 Å². The summed E-state index contributed by atoms with van der Waals surface area (Å²) >= 11 is 0. The van der Waals surface area contributed by atoms with Crippen LogP contribution in [0.15, 0.2) is 0 Å². The molecule has 0 unspecified atom stereocenters. The molecule has 52 valence electrons. The molecule has 1 aliphatic rings. The van der Waals surface area contributed by atoms with E-state index in [-0.39, 0.29) is 18.4 Å². The minimum atomic E-state index is -0.140. The quantitative estimate of drug-likeness (QED) is 0.501. The minimum absolute atomic E-state index is 0.00347. The van der Waals surface area contributed by atoms with Gasteiger partial charge in [0.05, 0.1) is 12.5 Å². The van der Waals surface area contributed by atoms with Crippen molar-refractivity contribution in [2.75, 3.05) is 13.2 Å². The van der Waals surface area contributed by atoms with Gasteiger partial charge in [-0.25, -0.2) is 0 Å². The summed E-state index contributed by atoms with van der Waals surface area (Å²) in [6, 6.07) is 0. The molecule has 3 nitrogen and oxygen atoms in total. The van der Waals surface area contributed by atoms with Gasteiger partial charge in [0, 0.05) is 6.54 Å². The first-order chi connectivity index (χ1) is 4.34. The molecule has 1 aliphatic heterocycles. The first-order valence-electron chi connectivity index (χ1n) is 3.23. The lowest BCUT2D eigenvalue weighted by Gasteiger charge is -2.18. The van der Waals surface area contributed by atoms with Crippen LogP contribution in [0.2, 0.25) is 0 Å². The van der Waals surface area contributed by atoms with Crippen molar-refractivity contribution < 1.29 is 9.90 Å². The number of nitrogens with one attached hydrogen (secondary N) is 1. The summed E-state index contributed by atoms with van der Waals surface area (Å²) in [6.07, 6.45) is 1.83. The molecule has 1 fully saturated rings. The zero-order valence-corrected chi connectivity index (χ0v) is 5.26. The highest BCUT2D eigenvalue weighted by Crippen LogP contribution is 2.09. The van der Waals surface area contributed by atoms with Crippen molar-refractivity contribution in [2.45, 2.75) is 12.8 Å². The van der Waals surface area contributed by atoms with Crippen LogP contribution in [0.5, 0.6) is 0 Å². The normalized spacial score (nSPS) is 27.7. The molecule has 1 atom stereocenters. The van der Waals surface area contributed by atoms with Crippen molar-refractivity contribution in [3.05, 3.63) is 0 Å². The Bertz CT molecular complexity index is 114. The van der Waals surface area contributed by atoms with Crippen LogP contribution in [-0.4, -0.2) is 24.2 Å². The SMILES string of the molecule is O=C1NCCC[C@H]1CO. The lowest BCUT2D eigenvalue weighted by molar-refractivity contribution is -0.127. The molecule has 1 rings (SSSR count). The van der Waals surface area contributed by atoms with Crippen molar-refractivity contribution >= 4 is 5.91 Å². The summed E-state index contributed by atoms with van der Waals surface area (Å²) in [5.41, 5.74) is 0. The predicted molar refractivity (Wildman–Crippen MR) is 32.8 cm³/mol. The zero-order chi connectivity index (χ0) is 6.69. The Hall–Kier alpha value is -0.570. The Morgan fingerprint density at radius 1 is 1.78 bits per heavy atom. The molecule has 9 heavy (non-hydrogen) atoms. The van der Waals surface area contributed by atoms with Gasteiger partial charge in [-0.1, -0.05) is 0 Å². The van der Waals surface area contributed by atoms with E-state index in [2.05, 4.69) is 5.32 Å². The number of carbonyl (C=O) groups is 1. The summed E-state index contributed by atoms with van der Waals surface area (Å²) in [5.74, 6) is -0.137.